The first kappa shape index (κ1) is 20.6. The standard InChI is InChI=1S/C23H27N5OS2/c29-22-24-19-11-4-5-12-20(19)27(22)13-7-15-31-23-26-25-21(16-18-10-6-14-30-18)28(23)17-8-2-1-3-9-17/h4-6,10-12,14,17H,1-3,7-9,13,15-16H2,(H,24,29). The van der Waals surface area contributed by atoms with E-state index in [1.165, 1.54) is 37.0 Å². The van der Waals surface area contributed by atoms with E-state index in [0.717, 1.165) is 40.6 Å². The van der Waals surface area contributed by atoms with Gasteiger partial charge in [-0.3, -0.25) is 4.57 Å². The first-order valence-corrected chi connectivity index (χ1v) is 12.9. The molecule has 1 aliphatic rings. The normalized spacial score (nSPS) is 15.1. The predicted molar refractivity (Wildman–Crippen MR) is 127 cm³/mol. The molecule has 0 radical (unpaired) electrons. The summed E-state index contributed by atoms with van der Waals surface area (Å²) in [5.41, 5.74) is 1.84. The maximum Gasteiger partial charge on any atom is 0.326 e. The van der Waals surface area contributed by atoms with Crippen LogP contribution in [0.25, 0.3) is 11.0 Å². The average molecular weight is 454 g/mol. The summed E-state index contributed by atoms with van der Waals surface area (Å²) in [6, 6.07) is 12.7. The van der Waals surface area contributed by atoms with E-state index in [9.17, 15) is 4.79 Å². The van der Waals surface area contributed by atoms with E-state index in [4.69, 9.17) is 0 Å². The monoisotopic (exact) mass is 453 g/mol. The van der Waals surface area contributed by atoms with Gasteiger partial charge in [-0.05, 0) is 42.8 Å². The summed E-state index contributed by atoms with van der Waals surface area (Å²) in [4.78, 5) is 16.6. The summed E-state index contributed by atoms with van der Waals surface area (Å²) < 4.78 is 4.26. The molecule has 5 rings (SSSR count). The summed E-state index contributed by atoms with van der Waals surface area (Å²) in [6.45, 7) is 0.704. The van der Waals surface area contributed by atoms with Crippen molar-refractivity contribution in [3.8, 4) is 0 Å². The molecular weight excluding hydrogens is 426 g/mol. The van der Waals surface area contributed by atoms with E-state index >= 15 is 0 Å². The van der Waals surface area contributed by atoms with Gasteiger partial charge in [-0.2, -0.15) is 0 Å². The number of aromatic amines is 1. The zero-order chi connectivity index (χ0) is 21.0. The molecule has 3 aromatic heterocycles. The number of hydrogen-bond acceptors (Lipinski definition) is 5. The molecule has 31 heavy (non-hydrogen) atoms. The quantitative estimate of drug-likeness (QED) is 0.292. The Morgan fingerprint density at radius 2 is 1.97 bits per heavy atom. The molecule has 1 N–H and O–H groups in total. The SMILES string of the molecule is O=c1[nH]c2ccccc2n1CCCSc1nnc(Cc2cccs2)n1C1CCCCC1. The van der Waals surface area contributed by atoms with E-state index < -0.39 is 0 Å². The van der Waals surface area contributed by atoms with Crippen molar-refractivity contribution >= 4 is 34.1 Å². The lowest BCUT2D eigenvalue weighted by Gasteiger charge is -2.25. The minimum atomic E-state index is -0.0326. The predicted octanol–water partition coefficient (Wildman–Crippen LogP) is 5.26. The maximum absolute atomic E-state index is 12.3. The van der Waals surface area contributed by atoms with E-state index in [0.29, 0.717) is 12.6 Å². The van der Waals surface area contributed by atoms with Crippen molar-refractivity contribution in [2.24, 2.45) is 0 Å². The molecule has 6 nitrogen and oxygen atoms in total. The minimum Gasteiger partial charge on any atom is -0.306 e. The summed E-state index contributed by atoms with van der Waals surface area (Å²) in [5.74, 6) is 2.00. The highest BCUT2D eigenvalue weighted by atomic mass is 32.2. The second-order valence-corrected chi connectivity index (χ2v) is 10.2. The van der Waals surface area contributed by atoms with Gasteiger partial charge in [0, 0.05) is 29.6 Å². The fourth-order valence-corrected chi connectivity index (χ4v) is 6.17. The first-order valence-electron chi connectivity index (χ1n) is 11.1. The molecule has 0 unspecified atom stereocenters. The van der Waals surface area contributed by atoms with Gasteiger partial charge in [-0.25, -0.2) is 4.79 Å². The molecule has 0 spiro atoms. The first-order chi connectivity index (χ1) is 15.3. The molecule has 0 atom stereocenters. The van der Waals surface area contributed by atoms with Gasteiger partial charge in [0.25, 0.3) is 0 Å². The van der Waals surface area contributed by atoms with Crippen molar-refractivity contribution in [3.63, 3.8) is 0 Å². The van der Waals surface area contributed by atoms with Crippen molar-refractivity contribution in [2.75, 3.05) is 5.75 Å². The molecule has 1 saturated carbocycles. The Morgan fingerprint density at radius 3 is 2.81 bits per heavy atom. The number of fused-ring (bicyclic) bond motifs is 1. The third kappa shape index (κ3) is 4.50. The van der Waals surface area contributed by atoms with E-state index in [1.807, 2.05) is 28.8 Å². The molecule has 162 valence electrons. The van der Waals surface area contributed by atoms with Crippen LogP contribution < -0.4 is 5.69 Å². The van der Waals surface area contributed by atoms with Crippen LogP contribution in [-0.4, -0.2) is 30.1 Å². The third-order valence-corrected chi connectivity index (χ3v) is 7.93. The number of nitrogens with zero attached hydrogens (tertiary/aromatic N) is 4. The highest BCUT2D eigenvalue weighted by Crippen LogP contribution is 2.33. The van der Waals surface area contributed by atoms with Gasteiger partial charge in [0.2, 0.25) is 0 Å². The molecule has 1 aromatic carbocycles. The Kier molecular flexibility index (Phi) is 6.27. The molecule has 0 saturated heterocycles. The third-order valence-electron chi connectivity index (χ3n) is 6.03. The van der Waals surface area contributed by atoms with Crippen LogP contribution in [0.4, 0.5) is 0 Å². The number of H-pyrrole nitrogens is 1. The molecule has 0 aliphatic heterocycles. The minimum absolute atomic E-state index is 0.0326. The topological polar surface area (TPSA) is 68.5 Å². The Hall–Kier alpha value is -2.32. The van der Waals surface area contributed by atoms with Crippen LogP contribution >= 0.6 is 23.1 Å². The number of aryl methyl sites for hydroxylation is 1. The smallest absolute Gasteiger partial charge is 0.306 e. The number of rotatable bonds is 8. The van der Waals surface area contributed by atoms with Gasteiger partial charge in [0.05, 0.1) is 11.0 Å². The van der Waals surface area contributed by atoms with Crippen molar-refractivity contribution < 1.29 is 0 Å². The van der Waals surface area contributed by atoms with Crippen LogP contribution in [0, 0.1) is 0 Å². The van der Waals surface area contributed by atoms with Gasteiger partial charge in [-0.1, -0.05) is 49.2 Å². The van der Waals surface area contributed by atoms with Gasteiger partial charge in [0.1, 0.15) is 5.82 Å². The highest BCUT2D eigenvalue weighted by Gasteiger charge is 2.23. The zero-order valence-electron chi connectivity index (χ0n) is 17.5. The number of imidazole rings is 1. The van der Waals surface area contributed by atoms with Crippen molar-refractivity contribution in [2.45, 2.75) is 62.7 Å². The lowest BCUT2D eigenvalue weighted by atomic mass is 9.95. The van der Waals surface area contributed by atoms with Gasteiger partial charge in [-0.15, -0.1) is 21.5 Å². The average Bonchev–Trinajstić information content (AvgIpc) is 3.52. The van der Waals surface area contributed by atoms with Crippen molar-refractivity contribution in [3.05, 3.63) is 63.0 Å². The van der Waals surface area contributed by atoms with Crippen LogP contribution in [0.3, 0.4) is 0 Å². The molecule has 4 aromatic rings. The Labute approximate surface area is 189 Å². The molecule has 8 heteroatoms. The van der Waals surface area contributed by atoms with Crippen molar-refractivity contribution in [1.82, 2.24) is 24.3 Å². The zero-order valence-corrected chi connectivity index (χ0v) is 19.1. The van der Waals surface area contributed by atoms with Crippen molar-refractivity contribution in [1.29, 1.82) is 0 Å². The molecule has 3 heterocycles. The molecule has 0 bridgehead atoms. The summed E-state index contributed by atoms with van der Waals surface area (Å²) in [6.07, 6.45) is 8.10. The second-order valence-electron chi connectivity index (χ2n) is 8.12. The Bertz CT molecular complexity index is 1180. The van der Waals surface area contributed by atoms with E-state index in [2.05, 4.69) is 37.3 Å². The Morgan fingerprint density at radius 1 is 1.10 bits per heavy atom. The number of thiophene rings is 1. The molecule has 1 fully saturated rings. The summed E-state index contributed by atoms with van der Waals surface area (Å²) >= 11 is 3.56. The van der Waals surface area contributed by atoms with E-state index in [-0.39, 0.29) is 5.69 Å². The van der Waals surface area contributed by atoms with Crippen LogP contribution in [0.2, 0.25) is 0 Å². The molecular formula is C23H27N5OS2. The lowest BCUT2D eigenvalue weighted by molar-refractivity contribution is 0.330. The van der Waals surface area contributed by atoms with Gasteiger partial charge < -0.3 is 9.55 Å². The fraction of sp³-hybridized carbons (Fsp3) is 0.435. The lowest BCUT2D eigenvalue weighted by Crippen LogP contribution is -2.18. The summed E-state index contributed by atoms with van der Waals surface area (Å²) in [7, 11) is 0. The van der Waals surface area contributed by atoms with Gasteiger partial charge >= 0.3 is 5.69 Å². The fourth-order valence-electron chi connectivity index (χ4n) is 4.52. The van der Waals surface area contributed by atoms with E-state index in [1.54, 1.807) is 23.1 Å². The van der Waals surface area contributed by atoms with Crippen LogP contribution in [0.5, 0.6) is 0 Å². The Balaban J connectivity index is 1.28. The van der Waals surface area contributed by atoms with Crippen LogP contribution in [0.15, 0.2) is 51.7 Å². The van der Waals surface area contributed by atoms with Crippen LogP contribution in [0.1, 0.15) is 55.3 Å². The molecule has 1 aliphatic carbocycles. The second kappa shape index (κ2) is 9.44. The largest absolute Gasteiger partial charge is 0.326 e. The molecule has 0 amide bonds. The van der Waals surface area contributed by atoms with Crippen LogP contribution in [-0.2, 0) is 13.0 Å². The number of hydrogen-bond donors (Lipinski definition) is 1. The number of thioether (sulfide) groups is 1. The number of nitrogens with one attached hydrogen (secondary N) is 1. The number of aromatic nitrogens is 5. The summed E-state index contributed by atoms with van der Waals surface area (Å²) in [5, 5.41) is 12.3. The number of benzene rings is 1. The van der Waals surface area contributed by atoms with Gasteiger partial charge in [0.15, 0.2) is 5.16 Å². The highest BCUT2D eigenvalue weighted by molar-refractivity contribution is 7.99. The number of para-hydroxylation sites is 2. The maximum atomic E-state index is 12.3.